The number of hydrogen-bond donors (Lipinski definition) is 4. The molecule has 54 heavy (non-hydrogen) atoms. The van der Waals surface area contributed by atoms with E-state index in [4.69, 9.17) is 23.5 Å². The average molecular weight is 791 g/mol. The van der Waals surface area contributed by atoms with E-state index < -0.39 is 59.8 Å². The lowest BCUT2D eigenvalue weighted by Gasteiger charge is -2.41. The molecule has 0 bridgehead atoms. The fraction of sp³-hybridized carbons (Fsp3) is 0.829. The van der Waals surface area contributed by atoms with Crippen molar-refractivity contribution < 1.29 is 56.2 Å². The van der Waals surface area contributed by atoms with Crippen molar-refractivity contribution in [2.75, 3.05) is 26.4 Å². The number of esters is 1. The summed E-state index contributed by atoms with van der Waals surface area (Å²) in [5.41, 5.74) is 0. The zero-order chi connectivity index (χ0) is 39.7. The van der Waals surface area contributed by atoms with Gasteiger partial charge in [0.25, 0.3) is 0 Å². The lowest BCUT2D eigenvalue weighted by molar-refractivity contribution is -0.301. The van der Waals surface area contributed by atoms with Crippen LogP contribution in [0.3, 0.4) is 0 Å². The van der Waals surface area contributed by atoms with E-state index >= 15 is 0 Å². The molecule has 12 nitrogen and oxygen atoms in total. The first-order valence-corrected chi connectivity index (χ1v) is 22.1. The molecule has 1 fully saturated rings. The van der Waals surface area contributed by atoms with Crippen molar-refractivity contribution >= 4 is 16.4 Å². The Bertz CT molecular complexity index is 1100. The van der Waals surface area contributed by atoms with E-state index in [9.17, 15) is 28.5 Å². The third kappa shape index (κ3) is 27.0. The van der Waals surface area contributed by atoms with E-state index in [1.165, 1.54) is 51.4 Å². The Hall–Kier alpha value is -1.68. The van der Waals surface area contributed by atoms with Gasteiger partial charge >= 0.3 is 16.4 Å². The van der Waals surface area contributed by atoms with Crippen LogP contribution in [-0.2, 0) is 38.3 Å². The molecule has 1 saturated heterocycles. The Morgan fingerprint density at radius 1 is 0.704 bits per heavy atom. The molecule has 1 aliphatic rings. The quantitative estimate of drug-likeness (QED) is 0.0212. The van der Waals surface area contributed by atoms with Gasteiger partial charge in [0.15, 0.2) is 6.29 Å². The molecule has 1 aliphatic heterocycles. The van der Waals surface area contributed by atoms with Crippen molar-refractivity contribution in [1.82, 2.24) is 0 Å². The molecule has 0 amide bonds. The van der Waals surface area contributed by atoms with Crippen LogP contribution in [0.25, 0.3) is 0 Å². The van der Waals surface area contributed by atoms with Crippen molar-refractivity contribution in [3.05, 3.63) is 36.5 Å². The zero-order valence-electron chi connectivity index (χ0n) is 33.3. The van der Waals surface area contributed by atoms with Crippen molar-refractivity contribution in [2.24, 2.45) is 0 Å². The van der Waals surface area contributed by atoms with E-state index in [1.807, 2.05) is 0 Å². The molecular formula is C41H74O12S. The summed E-state index contributed by atoms with van der Waals surface area (Å²) >= 11 is 0. The van der Waals surface area contributed by atoms with Crippen LogP contribution in [0.4, 0.5) is 0 Å². The normalized spacial score (nSPS) is 21.5. The maximum absolute atomic E-state index is 12.8. The number of rotatable bonds is 35. The molecule has 6 unspecified atom stereocenters. The highest BCUT2D eigenvalue weighted by molar-refractivity contribution is 7.80. The smallest absolute Gasteiger partial charge is 0.397 e. The van der Waals surface area contributed by atoms with Gasteiger partial charge in [0, 0.05) is 13.0 Å². The summed E-state index contributed by atoms with van der Waals surface area (Å²) in [7, 11) is -5.06. The summed E-state index contributed by atoms with van der Waals surface area (Å²) in [5, 5.41) is 30.6. The van der Waals surface area contributed by atoms with Gasteiger partial charge in [-0.2, -0.15) is 8.42 Å². The molecule has 0 aromatic heterocycles. The number of allylic oxidation sites excluding steroid dienone is 6. The van der Waals surface area contributed by atoms with E-state index in [0.717, 1.165) is 77.0 Å². The first-order valence-electron chi connectivity index (χ1n) is 20.7. The summed E-state index contributed by atoms with van der Waals surface area (Å²) in [4.78, 5) is 12.8. The molecule has 0 spiro atoms. The first kappa shape index (κ1) is 50.3. The fourth-order valence-electron chi connectivity index (χ4n) is 6.03. The van der Waals surface area contributed by atoms with Gasteiger partial charge in [0.05, 0.1) is 19.8 Å². The third-order valence-electron chi connectivity index (χ3n) is 9.23. The molecular weight excluding hydrogens is 717 g/mol. The van der Waals surface area contributed by atoms with Gasteiger partial charge in [-0.25, -0.2) is 4.18 Å². The summed E-state index contributed by atoms with van der Waals surface area (Å²) in [6.45, 7) is 3.88. The lowest BCUT2D eigenvalue weighted by atomic mass is 9.99. The first-order chi connectivity index (χ1) is 26.1. The maximum Gasteiger partial charge on any atom is 0.397 e. The molecule has 1 rings (SSSR count). The Labute approximate surface area is 326 Å². The van der Waals surface area contributed by atoms with Gasteiger partial charge in [-0.3, -0.25) is 9.35 Å². The highest BCUT2D eigenvalue weighted by Crippen LogP contribution is 2.26. The van der Waals surface area contributed by atoms with Gasteiger partial charge in [0.2, 0.25) is 0 Å². The van der Waals surface area contributed by atoms with Crippen molar-refractivity contribution in [3.8, 4) is 0 Å². The fourth-order valence-corrected chi connectivity index (χ4v) is 6.54. The number of aliphatic hydroxyl groups is 3. The topological polar surface area (TPSA) is 178 Å². The van der Waals surface area contributed by atoms with Gasteiger partial charge in [-0.1, -0.05) is 121 Å². The molecule has 1 heterocycles. The van der Waals surface area contributed by atoms with Crippen LogP contribution in [0, 0.1) is 0 Å². The summed E-state index contributed by atoms with van der Waals surface area (Å²) < 4.78 is 58.8. The molecule has 0 aromatic carbocycles. The third-order valence-corrected chi connectivity index (χ3v) is 9.70. The molecule has 4 N–H and O–H groups in total. The summed E-state index contributed by atoms with van der Waals surface area (Å²) in [5.74, 6) is -0.417. The minimum Gasteiger partial charge on any atom is -0.457 e. The van der Waals surface area contributed by atoms with Crippen LogP contribution in [-0.4, -0.2) is 97.5 Å². The van der Waals surface area contributed by atoms with Crippen LogP contribution in [0.1, 0.15) is 155 Å². The predicted octanol–water partition coefficient (Wildman–Crippen LogP) is 7.85. The van der Waals surface area contributed by atoms with E-state index in [2.05, 4.69) is 54.5 Å². The molecule has 6 atom stereocenters. The van der Waals surface area contributed by atoms with Gasteiger partial charge in [-0.15, -0.1) is 0 Å². The Morgan fingerprint density at radius 3 is 1.83 bits per heavy atom. The monoisotopic (exact) mass is 790 g/mol. The second-order valence-corrected chi connectivity index (χ2v) is 15.3. The predicted molar refractivity (Wildman–Crippen MR) is 211 cm³/mol. The Morgan fingerprint density at radius 2 is 1.24 bits per heavy atom. The van der Waals surface area contributed by atoms with E-state index in [1.54, 1.807) is 0 Å². The van der Waals surface area contributed by atoms with Crippen molar-refractivity contribution in [1.29, 1.82) is 0 Å². The minimum absolute atomic E-state index is 0.0259. The Balaban J connectivity index is 2.49. The Kier molecular flexibility index (Phi) is 31.2. The minimum atomic E-state index is -5.06. The maximum atomic E-state index is 12.8. The van der Waals surface area contributed by atoms with Crippen LogP contribution in [0.15, 0.2) is 36.5 Å². The van der Waals surface area contributed by atoms with E-state index in [0.29, 0.717) is 13.0 Å². The lowest BCUT2D eigenvalue weighted by Crippen LogP contribution is -2.60. The molecule has 0 saturated carbocycles. The number of carbonyl (C=O) groups excluding carboxylic acids is 1. The SMILES string of the molecule is CCCC/C=C\CCCCCCCCOCC(COC1OC(CO)C(O)C(OS(=O)(=O)O)C1O)OC(=O)CCCCCCC/C=C\C/C=C\CCCCC. The van der Waals surface area contributed by atoms with Crippen molar-refractivity contribution in [3.63, 3.8) is 0 Å². The highest BCUT2D eigenvalue weighted by Gasteiger charge is 2.48. The van der Waals surface area contributed by atoms with Gasteiger partial charge in [-0.05, 0) is 64.2 Å². The molecule has 0 radical (unpaired) electrons. The van der Waals surface area contributed by atoms with Crippen LogP contribution >= 0.6 is 0 Å². The molecule has 0 aliphatic carbocycles. The average Bonchev–Trinajstić information content (AvgIpc) is 3.14. The molecule has 0 aromatic rings. The van der Waals surface area contributed by atoms with Crippen LogP contribution < -0.4 is 0 Å². The van der Waals surface area contributed by atoms with Crippen molar-refractivity contribution in [2.45, 2.75) is 192 Å². The second kappa shape index (κ2) is 33.5. The summed E-state index contributed by atoms with van der Waals surface area (Å²) in [6.07, 6.45) is 27.5. The summed E-state index contributed by atoms with van der Waals surface area (Å²) in [6, 6.07) is 0. The number of unbranched alkanes of at least 4 members (excludes halogenated alkanes) is 16. The molecule has 316 valence electrons. The number of hydrogen-bond acceptors (Lipinski definition) is 11. The molecule has 13 heteroatoms. The number of ether oxygens (including phenoxy) is 4. The van der Waals surface area contributed by atoms with E-state index in [-0.39, 0.29) is 19.6 Å². The van der Waals surface area contributed by atoms with Crippen LogP contribution in [0.2, 0.25) is 0 Å². The van der Waals surface area contributed by atoms with Gasteiger partial charge in [0.1, 0.15) is 30.5 Å². The van der Waals surface area contributed by atoms with Gasteiger partial charge < -0.3 is 34.3 Å². The van der Waals surface area contributed by atoms with Crippen LogP contribution in [0.5, 0.6) is 0 Å². The zero-order valence-corrected chi connectivity index (χ0v) is 34.1. The second-order valence-electron chi connectivity index (χ2n) is 14.2. The highest BCUT2D eigenvalue weighted by atomic mass is 32.3. The largest absolute Gasteiger partial charge is 0.457 e. The number of aliphatic hydroxyl groups excluding tert-OH is 3. The standard InChI is InChI=1S/C41H74O12S/c1-3-5-7-9-11-13-15-17-18-19-20-22-24-26-28-30-37(43)51-35(33-49-31-29-27-25-23-21-16-14-12-10-8-6-4-2)34-50-41-39(45)40(53-54(46,47)48)38(44)36(32-42)52-41/h10-13,17-18,35-36,38-42,44-45H,3-9,14-16,19-34H2,1-2H3,(H,46,47,48)/b12-10-,13-11-,18-17-. The number of carbonyl (C=O) groups is 1.